The van der Waals surface area contributed by atoms with Crippen LogP contribution in [0.3, 0.4) is 0 Å². The number of aliphatic hydroxyl groups is 2. The van der Waals surface area contributed by atoms with E-state index in [4.69, 9.17) is 20.1 Å². The number of hydrogen-bond acceptors (Lipinski definition) is 4. The minimum Gasteiger partial charge on any atom is -0.554 e. The van der Waals surface area contributed by atoms with E-state index in [-0.39, 0.29) is 13.2 Å². The number of carbonyl (C=O) groups is 1. The molecule has 0 bridgehead atoms. The first-order valence-electron chi connectivity index (χ1n) is 2.92. The molecule has 0 atom stereocenters. The van der Waals surface area contributed by atoms with Crippen LogP contribution in [-0.4, -0.2) is 43.0 Å². The van der Waals surface area contributed by atoms with Crippen LogP contribution in [0.25, 0.3) is 0 Å². The second-order valence-corrected chi connectivity index (χ2v) is 1.41. The molecule has 4 N–H and O–H groups in total. The summed E-state index contributed by atoms with van der Waals surface area (Å²) < 4.78 is 0. The third-order valence-electron chi connectivity index (χ3n) is 0.666. The molecule has 0 rings (SSSR count). The van der Waals surface area contributed by atoms with Gasteiger partial charge in [-0.3, -0.25) is 0 Å². The van der Waals surface area contributed by atoms with Crippen molar-refractivity contribution in [3.05, 3.63) is 0 Å². The number of carboxylic acid groups (broad SMARTS) is 1. The van der Waals surface area contributed by atoms with Crippen LogP contribution in [0.5, 0.6) is 0 Å². The van der Waals surface area contributed by atoms with Gasteiger partial charge in [0, 0.05) is 6.47 Å². The Labute approximate surface area is 59.3 Å². The van der Waals surface area contributed by atoms with Gasteiger partial charge in [-0.2, -0.15) is 0 Å². The van der Waals surface area contributed by atoms with Gasteiger partial charge >= 0.3 is 0 Å². The molecule has 0 spiro atoms. The van der Waals surface area contributed by atoms with Gasteiger partial charge in [0.25, 0.3) is 0 Å². The molecule has 62 valence electrons. The van der Waals surface area contributed by atoms with Crippen molar-refractivity contribution in [2.24, 2.45) is 0 Å². The van der Waals surface area contributed by atoms with Crippen LogP contribution in [0, 0.1) is 0 Å². The van der Waals surface area contributed by atoms with Crippen LogP contribution < -0.4 is 10.4 Å². The summed E-state index contributed by atoms with van der Waals surface area (Å²) in [4.78, 5) is 8.25. The maximum Gasteiger partial charge on any atom is 0.0991 e. The van der Waals surface area contributed by atoms with E-state index in [1.165, 1.54) is 0 Å². The number of quaternary nitrogens is 1. The van der Waals surface area contributed by atoms with Gasteiger partial charge in [0.1, 0.15) is 0 Å². The highest BCUT2D eigenvalue weighted by Crippen LogP contribution is 1.40. The van der Waals surface area contributed by atoms with Crippen molar-refractivity contribution in [1.29, 1.82) is 0 Å². The lowest BCUT2D eigenvalue weighted by atomic mass is 10.6. The highest BCUT2D eigenvalue weighted by molar-refractivity contribution is 5.29. The Morgan fingerprint density at radius 1 is 1.30 bits per heavy atom. The third kappa shape index (κ3) is 26.4. The average Bonchev–Trinajstić information content (AvgIpc) is 1.91. The van der Waals surface area contributed by atoms with Gasteiger partial charge in [-0.15, -0.1) is 0 Å². The molecular weight excluding hydrogens is 138 g/mol. The van der Waals surface area contributed by atoms with E-state index in [0.29, 0.717) is 13.1 Å². The molecule has 0 heterocycles. The molecule has 0 saturated carbocycles. The average molecular weight is 151 g/mol. The summed E-state index contributed by atoms with van der Waals surface area (Å²) in [6.07, 6.45) is 0. The molecule has 0 amide bonds. The van der Waals surface area contributed by atoms with E-state index in [2.05, 4.69) is 0 Å². The lowest BCUT2D eigenvalue weighted by Gasteiger charge is -1.91. The summed E-state index contributed by atoms with van der Waals surface area (Å²) in [6, 6.07) is 0. The minimum atomic E-state index is -0.500. The number of rotatable bonds is 4. The lowest BCUT2D eigenvalue weighted by Crippen LogP contribution is -2.85. The van der Waals surface area contributed by atoms with Gasteiger partial charge in [0.15, 0.2) is 0 Å². The number of hydrogen-bond donors (Lipinski definition) is 3. The van der Waals surface area contributed by atoms with Crippen LogP contribution in [0.2, 0.25) is 0 Å². The van der Waals surface area contributed by atoms with E-state index in [0.717, 1.165) is 0 Å². The molecule has 0 aliphatic rings. The van der Waals surface area contributed by atoms with E-state index >= 15 is 0 Å². The Hall–Kier alpha value is -0.650. The molecular formula is C5H13NO4. The monoisotopic (exact) mass is 151 g/mol. The van der Waals surface area contributed by atoms with Gasteiger partial charge in [-0.1, -0.05) is 0 Å². The quantitative estimate of drug-likeness (QED) is 0.281. The zero-order valence-corrected chi connectivity index (χ0v) is 5.69. The molecule has 0 aromatic carbocycles. The van der Waals surface area contributed by atoms with Crippen molar-refractivity contribution in [2.75, 3.05) is 26.3 Å². The van der Waals surface area contributed by atoms with Crippen LogP contribution >= 0.6 is 0 Å². The summed E-state index contributed by atoms with van der Waals surface area (Å²) in [5.74, 6) is 0. The summed E-state index contributed by atoms with van der Waals surface area (Å²) in [5.41, 5.74) is 0. The van der Waals surface area contributed by atoms with Crippen molar-refractivity contribution in [1.82, 2.24) is 0 Å². The third-order valence-corrected chi connectivity index (χ3v) is 0.666. The van der Waals surface area contributed by atoms with Gasteiger partial charge in [-0.05, 0) is 0 Å². The first-order chi connectivity index (χ1) is 4.83. The van der Waals surface area contributed by atoms with Crippen molar-refractivity contribution >= 4 is 6.47 Å². The number of carbonyl (C=O) groups excluding carboxylic acids is 1. The Bertz CT molecular complexity index is 55.6. The predicted molar refractivity (Wildman–Crippen MR) is 31.9 cm³/mol. The van der Waals surface area contributed by atoms with Crippen LogP contribution in [0.1, 0.15) is 0 Å². The topological polar surface area (TPSA) is 97.2 Å². The van der Waals surface area contributed by atoms with Gasteiger partial charge in [0.05, 0.1) is 26.3 Å². The fourth-order valence-electron chi connectivity index (χ4n) is 0.327. The smallest absolute Gasteiger partial charge is 0.0991 e. The normalized spacial score (nSPS) is 7.80. The van der Waals surface area contributed by atoms with Gasteiger partial charge < -0.3 is 25.4 Å². The lowest BCUT2D eigenvalue weighted by molar-refractivity contribution is -0.657. The summed E-state index contributed by atoms with van der Waals surface area (Å²) >= 11 is 0. The molecule has 5 heteroatoms. The Morgan fingerprint density at radius 3 is 1.80 bits per heavy atom. The van der Waals surface area contributed by atoms with E-state index in [1.807, 2.05) is 5.32 Å². The van der Waals surface area contributed by atoms with Crippen molar-refractivity contribution in [2.45, 2.75) is 0 Å². The molecule has 0 fully saturated rings. The first kappa shape index (κ1) is 12.1. The molecule has 0 unspecified atom stereocenters. The fourth-order valence-corrected chi connectivity index (χ4v) is 0.327. The molecule has 0 aliphatic carbocycles. The standard InChI is InChI=1S/C4H11NO2.CH2O2/c6-3-1-5-2-4-7;2-1-3/h5-7H,1-4H2;1H,(H,2,3). The molecule has 0 radical (unpaired) electrons. The van der Waals surface area contributed by atoms with Crippen molar-refractivity contribution in [3.8, 4) is 0 Å². The molecule has 5 nitrogen and oxygen atoms in total. The SMILES string of the molecule is O=C[O-].OCC[NH2+]CCO. The van der Waals surface area contributed by atoms with Crippen LogP contribution in [-0.2, 0) is 4.79 Å². The van der Waals surface area contributed by atoms with E-state index < -0.39 is 6.47 Å². The maximum absolute atomic E-state index is 8.25. The molecule has 0 aromatic heterocycles. The summed E-state index contributed by atoms with van der Waals surface area (Å²) in [5, 5.41) is 26.5. The molecule has 0 saturated heterocycles. The zero-order chi connectivity index (χ0) is 8.24. The van der Waals surface area contributed by atoms with E-state index in [9.17, 15) is 0 Å². The molecule has 10 heavy (non-hydrogen) atoms. The van der Waals surface area contributed by atoms with Crippen LogP contribution in [0.4, 0.5) is 0 Å². The van der Waals surface area contributed by atoms with Crippen molar-refractivity contribution in [3.63, 3.8) is 0 Å². The minimum absolute atomic E-state index is 0.194. The van der Waals surface area contributed by atoms with Crippen molar-refractivity contribution < 1.29 is 25.4 Å². The number of nitrogens with two attached hydrogens (primary N) is 1. The van der Waals surface area contributed by atoms with Gasteiger partial charge in [0.2, 0.25) is 0 Å². The highest BCUT2D eigenvalue weighted by atomic mass is 16.3. The highest BCUT2D eigenvalue weighted by Gasteiger charge is 1.82. The Kier molecular flexibility index (Phi) is 19.0. The second kappa shape index (κ2) is 15.8. The first-order valence-corrected chi connectivity index (χ1v) is 2.92. The number of aliphatic hydroxyl groups excluding tert-OH is 2. The Balaban J connectivity index is 0. The van der Waals surface area contributed by atoms with E-state index in [1.54, 1.807) is 0 Å². The summed E-state index contributed by atoms with van der Waals surface area (Å²) in [7, 11) is 0. The zero-order valence-electron chi connectivity index (χ0n) is 5.69. The predicted octanol–water partition coefficient (Wildman–Crippen LogP) is -4.10. The van der Waals surface area contributed by atoms with Gasteiger partial charge in [-0.25, -0.2) is 0 Å². The summed E-state index contributed by atoms with van der Waals surface area (Å²) in [6.45, 7) is 1.28. The largest absolute Gasteiger partial charge is 0.554 e. The fraction of sp³-hybridized carbons (Fsp3) is 0.800. The second-order valence-electron chi connectivity index (χ2n) is 1.41. The Morgan fingerprint density at radius 2 is 1.60 bits per heavy atom. The molecule has 0 aromatic rings. The molecule has 0 aliphatic heterocycles. The van der Waals surface area contributed by atoms with Crippen LogP contribution in [0.15, 0.2) is 0 Å². The maximum atomic E-state index is 8.25.